The van der Waals surface area contributed by atoms with Crippen molar-refractivity contribution < 1.29 is 19.1 Å². The Morgan fingerprint density at radius 3 is 2.46 bits per heavy atom. The molecule has 0 bridgehead atoms. The zero-order valence-corrected chi connectivity index (χ0v) is 19.3. The van der Waals surface area contributed by atoms with Crippen molar-refractivity contribution in [2.75, 3.05) is 12.0 Å². The first kappa shape index (κ1) is 21.2. The highest BCUT2D eigenvalue weighted by atomic mass is 16.5. The number of amides is 3. The number of carbonyl (C=O) groups is 3. The van der Waals surface area contributed by atoms with Gasteiger partial charge in [0.25, 0.3) is 5.91 Å². The van der Waals surface area contributed by atoms with Gasteiger partial charge in [-0.1, -0.05) is 60.2 Å². The van der Waals surface area contributed by atoms with Crippen LogP contribution in [0.15, 0.2) is 72.8 Å². The highest BCUT2D eigenvalue weighted by Crippen LogP contribution is 2.45. The van der Waals surface area contributed by atoms with Crippen molar-refractivity contribution in [3.05, 3.63) is 101 Å². The number of aryl methyl sites for hydroxylation is 1. The fraction of sp³-hybridized carbons (Fsp3) is 0.179. The van der Waals surface area contributed by atoms with E-state index in [9.17, 15) is 14.4 Å². The number of esters is 1. The maximum atomic E-state index is 14.0. The molecule has 4 aromatic rings. The van der Waals surface area contributed by atoms with Gasteiger partial charge in [0.15, 0.2) is 0 Å². The molecule has 0 aliphatic carbocycles. The van der Waals surface area contributed by atoms with Crippen LogP contribution in [-0.4, -0.2) is 40.9 Å². The second kappa shape index (κ2) is 7.84. The van der Waals surface area contributed by atoms with Gasteiger partial charge in [-0.05, 0) is 36.2 Å². The average molecular weight is 466 g/mol. The minimum atomic E-state index is -0.689. The fourth-order valence-electron chi connectivity index (χ4n) is 5.34. The predicted octanol–water partition coefficient (Wildman–Crippen LogP) is 4.75. The number of hydrogen-bond donors (Lipinski definition) is 1. The Balaban J connectivity index is 1.54. The highest BCUT2D eigenvalue weighted by molar-refractivity contribution is 6.23. The van der Waals surface area contributed by atoms with E-state index in [0.717, 1.165) is 38.2 Å². The first-order valence-electron chi connectivity index (χ1n) is 11.5. The van der Waals surface area contributed by atoms with Crippen molar-refractivity contribution in [2.24, 2.45) is 0 Å². The molecule has 2 aliphatic heterocycles. The number of urea groups is 1. The summed E-state index contributed by atoms with van der Waals surface area (Å²) in [6.45, 7) is 2.01. The number of benzene rings is 3. The number of para-hydroxylation sites is 2. The Morgan fingerprint density at radius 1 is 0.971 bits per heavy atom. The molecule has 3 aromatic carbocycles. The topological polar surface area (TPSA) is 82.7 Å². The third kappa shape index (κ3) is 3.08. The van der Waals surface area contributed by atoms with E-state index in [2.05, 4.69) is 4.98 Å². The number of hydrogen-bond acceptors (Lipinski definition) is 4. The second-order valence-electron chi connectivity index (χ2n) is 8.97. The zero-order valence-electron chi connectivity index (χ0n) is 19.3. The number of fused-ring (bicyclic) bond motifs is 4. The van der Waals surface area contributed by atoms with Gasteiger partial charge in [0.1, 0.15) is 12.1 Å². The number of carbonyl (C=O) groups excluding carboxylic acids is 3. The normalized spacial score (nSPS) is 19.1. The minimum absolute atomic E-state index is 0.174. The summed E-state index contributed by atoms with van der Waals surface area (Å²) in [5.74, 6) is -0.947. The maximum absolute atomic E-state index is 14.0. The first-order valence-corrected chi connectivity index (χ1v) is 11.5. The maximum Gasteiger partial charge on any atom is 0.339 e. The summed E-state index contributed by atoms with van der Waals surface area (Å²) in [5, 5.41) is 1.05. The van der Waals surface area contributed by atoms with E-state index < -0.39 is 24.1 Å². The lowest BCUT2D eigenvalue weighted by atomic mass is 9.88. The third-order valence-electron chi connectivity index (χ3n) is 6.99. The molecule has 35 heavy (non-hydrogen) atoms. The van der Waals surface area contributed by atoms with Gasteiger partial charge in [0, 0.05) is 23.0 Å². The lowest BCUT2D eigenvalue weighted by Gasteiger charge is -2.36. The smallest absolute Gasteiger partial charge is 0.339 e. The monoisotopic (exact) mass is 465 g/mol. The SMILES string of the molecule is COC(=O)c1ccccc1N1C(=O)[C@@H]2Cc3c([nH]c4ccccc34)[C@H](c3ccc(C)cc3)N2C1=O. The molecule has 7 heteroatoms. The molecule has 2 aliphatic rings. The van der Waals surface area contributed by atoms with E-state index in [1.165, 1.54) is 7.11 Å². The number of aromatic amines is 1. The Bertz CT molecular complexity index is 1500. The molecule has 2 atom stereocenters. The number of ether oxygens (including phenoxy) is 1. The van der Waals surface area contributed by atoms with E-state index in [1.807, 2.05) is 55.5 Å². The van der Waals surface area contributed by atoms with Crippen LogP contribution in [0.3, 0.4) is 0 Å². The Hall–Kier alpha value is -4.39. The van der Waals surface area contributed by atoms with Gasteiger partial charge in [0.2, 0.25) is 0 Å². The molecule has 0 unspecified atom stereocenters. The summed E-state index contributed by atoms with van der Waals surface area (Å²) < 4.78 is 4.91. The Kier molecular flexibility index (Phi) is 4.74. The summed E-state index contributed by atoms with van der Waals surface area (Å²) in [6.07, 6.45) is 0.392. The number of imide groups is 1. The van der Waals surface area contributed by atoms with Crippen LogP contribution in [0.25, 0.3) is 10.9 Å². The van der Waals surface area contributed by atoms with Crippen molar-refractivity contribution >= 4 is 34.5 Å². The van der Waals surface area contributed by atoms with E-state index in [4.69, 9.17) is 4.74 Å². The van der Waals surface area contributed by atoms with Crippen LogP contribution < -0.4 is 4.90 Å². The van der Waals surface area contributed by atoms with Crippen molar-refractivity contribution in [1.82, 2.24) is 9.88 Å². The van der Waals surface area contributed by atoms with Gasteiger partial charge in [-0.2, -0.15) is 0 Å². The third-order valence-corrected chi connectivity index (χ3v) is 6.99. The summed E-state index contributed by atoms with van der Waals surface area (Å²) in [7, 11) is 1.28. The minimum Gasteiger partial charge on any atom is -0.465 e. The molecule has 0 radical (unpaired) electrons. The Morgan fingerprint density at radius 2 is 1.69 bits per heavy atom. The molecule has 1 N–H and O–H groups in total. The van der Waals surface area contributed by atoms with Gasteiger partial charge in [-0.25, -0.2) is 14.5 Å². The lowest BCUT2D eigenvalue weighted by molar-refractivity contribution is -0.120. The standard InChI is InChI=1S/C28H23N3O4/c1-16-11-13-17(14-12-16)25-24-20(18-7-3-5-9-21(18)29-24)15-23-26(32)31(28(34)30(23)25)22-10-6-4-8-19(22)27(33)35-2/h3-14,23,25,29H,15H2,1-2H3/t23-,25-/m0/s1. The first-order chi connectivity index (χ1) is 17.0. The van der Waals surface area contributed by atoms with Gasteiger partial charge in [-0.3, -0.25) is 9.69 Å². The number of H-pyrrole nitrogens is 1. The molecule has 0 saturated carbocycles. The van der Waals surface area contributed by atoms with Crippen LogP contribution >= 0.6 is 0 Å². The largest absolute Gasteiger partial charge is 0.465 e. The second-order valence-corrected chi connectivity index (χ2v) is 8.97. The van der Waals surface area contributed by atoms with Crippen molar-refractivity contribution in [3.63, 3.8) is 0 Å². The van der Waals surface area contributed by atoms with Crippen LogP contribution in [-0.2, 0) is 16.0 Å². The quantitative estimate of drug-likeness (QED) is 0.350. The summed E-state index contributed by atoms with van der Waals surface area (Å²) in [4.78, 5) is 46.5. The average Bonchev–Trinajstić information content (AvgIpc) is 3.37. The van der Waals surface area contributed by atoms with Gasteiger partial charge >= 0.3 is 12.0 Å². The molecule has 1 fully saturated rings. The highest BCUT2D eigenvalue weighted by Gasteiger charge is 2.53. The number of aromatic nitrogens is 1. The van der Waals surface area contributed by atoms with Crippen LogP contribution in [0.1, 0.15) is 38.8 Å². The Labute approximate surface area is 201 Å². The molecule has 6 rings (SSSR count). The lowest BCUT2D eigenvalue weighted by Crippen LogP contribution is -2.44. The van der Waals surface area contributed by atoms with Crippen molar-refractivity contribution in [1.29, 1.82) is 0 Å². The van der Waals surface area contributed by atoms with Crippen LogP contribution in [0.2, 0.25) is 0 Å². The van der Waals surface area contributed by atoms with E-state index in [0.29, 0.717) is 6.42 Å². The number of rotatable bonds is 3. The van der Waals surface area contributed by atoms with Gasteiger partial charge < -0.3 is 9.72 Å². The molecule has 0 spiro atoms. The number of methoxy groups -OCH3 is 1. The summed E-state index contributed by atoms with van der Waals surface area (Å²) in [6, 6.07) is 20.9. The number of nitrogens with one attached hydrogen (secondary N) is 1. The van der Waals surface area contributed by atoms with Crippen LogP contribution in [0, 0.1) is 6.92 Å². The van der Waals surface area contributed by atoms with Crippen LogP contribution in [0.4, 0.5) is 10.5 Å². The van der Waals surface area contributed by atoms with Crippen molar-refractivity contribution in [2.45, 2.75) is 25.4 Å². The molecule has 1 aromatic heterocycles. The number of nitrogens with zero attached hydrogens (tertiary/aromatic N) is 2. The molecule has 174 valence electrons. The van der Waals surface area contributed by atoms with Gasteiger partial charge in [-0.15, -0.1) is 0 Å². The molecule has 7 nitrogen and oxygen atoms in total. The molecule has 3 amide bonds. The van der Waals surface area contributed by atoms with Crippen LogP contribution in [0.5, 0.6) is 0 Å². The predicted molar refractivity (Wildman–Crippen MR) is 131 cm³/mol. The summed E-state index contributed by atoms with van der Waals surface area (Å²) in [5.41, 5.74) is 5.36. The molecule has 3 heterocycles. The zero-order chi connectivity index (χ0) is 24.3. The summed E-state index contributed by atoms with van der Waals surface area (Å²) >= 11 is 0. The molecular formula is C28H23N3O4. The van der Waals surface area contributed by atoms with Gasteiger partial charge in [0.05, 0.1) is 18.4 Å². The van der Waals surface area contributed by atoms with E-state index in [-0.39, 0.29) is 17.2 Å². The number of anilines is 1. The van der Waals surface area contributed by atoms with E-state index >= 15 is 0 Å². The fourth-order valence-corrected chi connectivity index (χ4v) is 5.34. The van der Waals surface area contributed by atoms with E-state index in [1.54, 1.807) is 29.2 Å². The molecule has 1 saturated heterocycles. The van der Waals surface area contributed by atoms with Crippen molar-refractivity contribution in [3.8, 4) is 0 Å². The molecular weight excluding hydrogens is 442 g/mol.